The fourth-order valence-electron chi connectivity index (χ4n) is 4.03. The molecule has 8 heteroatoms. The van der Waals surface area contributed by atoms with Crippen molar-refractivity contribution in [3.8, 4) is 5.75 Å². The largest absolute Gasteiger partial charge is 0.497 e. The Balaban J connectivity index is 1.56. The van der Waals surface area contributed by atoms with Gasteiger partial charge in [-0.1, -0.05) is 53.7 Å². The summed E-state index contributed by atoms with van der Waals surface area (Å²) in [7, 11) is 1.59. The molecule has 0 saturated carbocycles. The SMILES string of the molecule is COc1ccc(C(=O)C(C)Sc2nnc3n(Cc4ccc(C)cc4)c(=O)c4ccccc4n23)cc1. The smallest absolute Gasteiger partial charge is 0.263 e. The van der Waals surface area contributed by atoms with Crippen molar-refractivity contribution in [3.05, 3.63) is 99.8 Å². The maximum Gasteiger partial charge on any atom is 0.263 e. The van der Waals surface area contributed by atoms with Gasteiger partial charge in [0, 0.05) is 5.56 Å². The number of Topliss-reactive ketones (excluding diaryl/α,β-unsaturated/α-hetero) is 1. The van der Waals surface area contributed by atoms with Crippen molar-refractivity contribution in [3.63, 3.8) is 0 Å². The number of ether oxygens (including phenoxy) is 1. The highest BCUT2D eigenvalue weighted by atomic mass is 32.2. The molecular formula is C27H24N4O3S. The molecule has 0 aliphatic heterocycles. The Morgan fingerprint density at radius 3 is 2.43 bits per heavy atom. The van der Waals surface area contributed by atoms with Crippen molar-refractivity contribution >= 4 is 34.2 Å². The van der Waals surface area contributed by atoms with Crippen molar-refractivity contribution in [2.24, 2.45) is 0 Å². The van der Waals surface area contributed by atoms with Crippen LogP contribution in [0, 0.1) is 6.92 Å². The van der Waals surface area contributed by atoms with Crippen molar-refractivity contribution in [2.75, 3.05) is 7.11 Å². The Labute approximate surface area is 206 Å². The predicted octanol–water partition coefficient (Wildman–Crippen LogP) is 4.77. The van der Waals surface area contributed by atoms with Crippen molar-refractivity contribution in [1.82, 2.24) is 19.2 Å². The standard InChI is InChI=1S/C27H24N4O3S/c1-17-8-10-19(11-9-17)16-30-25(33)22-6-4-5-7-23(22)31-26(30)28-29-27(31)35-18(2)24(32)20-12-14-21(34-3)15-13-20/h4-15,18H,16H2,1-3H3. The molecule has 3 aromatic carbocycles. The quantitative estimate of drug-likeness (QED) is 0.245. The molecule has 1 unspecified atom stereocenters. The van der Waals surface area contributed by atoms with Gasteiger partial charge in [-0.05, 0) is 55.8 Å². The minimum absolute atomic E-state index is 0.0216. The highest BCUT2D eigenvalue weighted by Crippen LogP contribution is 2.27. The number of aromatic nitrogens is 4. The molecular weight excluding hydrogens is 460 g/mol. The van der Waals surface area contributed by atoms with Gasteiger partial charge in [0.15, 0.2) is 10.9 Å². The minimum Gasteiger partial charge on any atom is -0.497 e. The number of carbonyl (C=O) groups excluding carboxylic acids is 1. The van der Waals surface area contributed by atoms with Crippen LogP contribution in [0.2, 0.25) is 0 Å². The van der Waals surface area contributed by atoms with E-state index in [1.807, 2.05) is 66.8 Å². The Morgan fingerprint density at radius 1 is 1.00 bits per heavy atom. The van der Waals surface area contributed by atoms with E-state index in [0.717, 1.165) is 11.1 Å². The van der Waals surface area contributed by atoms with Crippen molar-refractivity contribution < 1.29 is 9.53 Å². The number of aryl methyl sites for hydroxylation is 1. The molecule has 35 heavy (non-hydrogen) atoms. The lowest BCUT2D eigenvalue weighted by Crippen LogP contribution is -2.24. The van der Waals surface area contributed by atoms with Gasteiger partial charge in [-0.2, -0.15) is 0 Å². The number of nitrogens with zero attached hydrogens (tertiary/aromatic N) is 4. The molecule has 1 atom stereocenters. The second kappa shape index (κ2) is 9.38. The van der Waals surface area contributed by atoms with Crippen LogP contribution >= 0.6 is 11.8 Å². The van der Waals surface area contributed by atoms with E-state index in [9.17, 15) is 9.59 Å². The number of hydrogen-bond acceptors (Lipinski definition) is 6. The van der Waals surface area contributed by atoms with Gasteiger partial charge in [-0.15, -0.1) is 10.2 Å². The average Bonchev–Trinajstić information content (AvgIpc) is 3.30. The molecule has 176 valence electrons. The summed E-state index contributed by atoms with van der Waals surface area (Å²) in [6.07, 6.45) is 0. The van der Waals surface area contributed by atoms with Gasteiger partial charge < -0.3 is 4.74 Å². The van der Waals surface area contributed by atoms with Gasteiger partial charge in [0.25, 0.3) is 5.56 Å². The van der Waals surface area contributed by atoms with Gasteiger partial charge in [-0.25, -0.2) is 0 Å². The molecule has 7 nitrogen and oxygen atoms in total. The van der Waals surface area contributed by atoms with E-state index in [0.29, 0.717) is 39.7 Å². The first-order chi connectivity index (χ1) is 17.0. The summed E-state index contributed by atoms with van der Waals surface area (Å²) >= 11 is 1.32. The number of fused-ring (bicyclic) bond motifs is 3. The molecule has 0 N–H and O–H groups in total. The van der Waals surface area contributed by atoms with E-state index in [1.54, 1.807) is 35.9 Å². The normalized spacial score (nSPS) is 12.2. The van der Waals surface area contributed by atoms with Crippen LogP contribution in [0.4, 0.5) is 0 Å². The van der Waals surface area contributed by atoms with E-state index in [2.05, 4.69) is 10.2 Å². The van der Waals surface area contributed by atoms with E-state index < -0.39 is 5.25 Å². The summed E-state index contributed by atoms with van der Waals surface area (Å²) in [6.45, 7) is 4.25. The number of carbonyl (C=O) groups is 1. The maximum atomic E-state index is 13.4. The van der Waals surface area contributed by atoms with Crippen molar-refractivity contribution in [2.45, 2.75) is 30.8 Å². The second-order valence-electron chi connectivity index (χ2n) is 8.36. The number of para-hydroxylation sites is 1. The number of methoxy groups -OCH3 is 1. The number of rotatable bonds is 7. The Kier molecular flexibility index (Phi) is 6.13. The van der Waals surface area contributed by atoms with E-state index in [4.69, 9.17) is 4.74 Å². The summed E-state index contributed by atoms with van der Waals surface area (Å²) in [5.74, 6) is 1.12. The lowest BCUT2D eigenvalue weighted by molar-refractivity contribution is 0.0994. The molecule has 0 saturated heterocycles. The first kappa shape index (κ1) is 22.9. The fourth-order valence-corrected chi connectivity index (χ4v) is 4.96. The molecule has 0 amide bonds. The molecule has 5 aromatic rings. The monoisotopic (exact) mass is 484 g/mol. The molecule has 2 heterocycles. The maximum absolute atomic E-state index is 13.4. The van der Waals surface area contributed by atoms with Crippen LogP contribution in [0.15, 0.2) is 82.7 Å². The molecule has 2 aromatic heterocycles. The zero-order valence-electron chi connectivity index (χ0n) is 19.6. The van der Waals surface area contributed by atoms with Gasteiger partial charge in [0.05, 0.1) is 29.8 Å². The number of ketones is 1. The van der Waals surface area contributed by atoms with Crippen molar-refractivity contribution in [1.29, 1.82) is 0 Å². The summed E-state index contributed by atoms with van der Waals surface area (Å²) in [5.41, 5.74) is 3.33. The third kappa shape index (κ3) is 4.33. The predicted molar refractivity (Wildman–Crippen MR) is 138 cm³/mol. The van der Waals surface area contributed by atoms with Crippen LogP contribution < -0.4 is 10.3 Å². The van der Waals surface area contributed by atoms with Crippen LogP contribution in [0.5, 0.6) is 5.75 Å². The lowest BCUT2D eigenvalue weighted by Gasteiger charge is -2.13. The minimum atomic E-state index is -0.410. The van der Waals surface area contributed by atoms with E-state index >= 15 is 0 Å². The Hall–Kier alpha value is -3.91. The third-order valence-corrected chi connectivity index (χ3v) is 7.01. The average molecular weight is 485 g/mol. The van der Waals surface area contributed by atoms with Crippen LogP contribution in [-0.2, 0) is 6.54 Å². The third-order valence-electron chi connectivity index (χ3n) is 5.97. The zero-order valence-corrected chi connectivity index (χ0v) is 20.5. The summed E-state index contributed by atoms with van der Waals surface area (Å²) in [5, 5.41) is 9.49. The van der Waals surface area contributed by atoms with Crippen LogP contribution in [0.1, 0.15) is 28.4 Å². The molecule has 5 rings (SSSR count). The van der Waals surface area contributed by atoms with Gasteiger partial charge in [0.1, 0.15) is 5.75 Å². The van der Waals surface area contributed by atoms with Gasteiger partial charge in [0.2, 0.25) is 5.78 Å². The van der Waals surface area contributed by atoms with Crippen LogP contribution in [0.3, 0.4) is 0 Å². The molecule has 0 spiro atoms. The molecule has 0 bridgehead atoms. The van der Waals surface area contributed by atoms with E-state index in [-0.39, 0.29) is 11.3 Å². The molecule has 0 aliphatic carbocycles. The highest BCUT2D eigenvalue weighted by Gasteiger charge is 2.22. The second-order valence-corrected chi connectivity index (χ2v) is 9.67. The van der Waals surface area contributed by atoms with Crippen LogP contribution in [-0.4, -0.2) is 37.3 Å². The molecule has 0 radical (unpaired) electrons. The zero-order chi connectivity index (χ0) is 24.5. The first-order valence-electron chi connectivity index (χ1n) is 11.2. The van der Waals surface area contributed by atoms with Gasteiger partial charge in [-0.3, -0.25) is 18.6 Å². The fraction of sp³-hybridized carbons (Fsp3) is 0.185. The Morgan fingerprint density at radius 2 is 1.71 bits per heavy atom. The number of thioether (sulfide) groups is 1. The molecule has 0 fully saturated rings. The molecule has 0 aliphatic rings. The van der Waals surface area contributed by atoms with E-state index in [1.165, 1.54) is 11.8 Å². The van der Waals surface area contributed by atoms with Crippen LogP contribution in [0.25, 0.3) is 16.7 Å². The summed E-state index contributed by atoms with van der Waals surface area (Å²) in [6, 6.07) is 22.5. The summed E-state index contributed by atoms with van der Waals surface area (Å²) < 4.78 is 8.69. The highest BCUT2D eigenvalue weighted by molar-refractivity contribution is 8.00. The topological polar surface area (TPSA) is 78.5 Å². The summed E-state index contributed by atoms with van der Waals surface area (Å²) in [4.78, 5) is 26.5. The number of benzene rings is 3. The Bertz CT molecular complexity index is 1590. The lowest BCUT2D eigenvalue weighted by atomic mass is 10.1. The van der Waals surface area contributed by atoms with Gasteiger partial charge >= 0.3 is 0 Å². The number of hydrogen-bond donors (Lipinski definition) is 0. The first-order valence-corrected chi connectivity index (χ1v) is 12.1.